The molecule has 25 heavy (non-hydrogen) atoms. The van der Waals surface area contributed by atoms with Crippen LogP contribution in [-0.4, -0.2) is 16.6 Å². The van der Waals surface area contributed by atoms with Gasteiger partial charge < -0.3 is 10.4 Å². The Bertz CT molecular complexity index is 781. The monoisotopic (exact) mass is 340 g/mol. The molecule has 0 saturated heterocycles. The summed E-state index contributed by atoms with van der Waals surface area (Å²) in [6.07, 6.45) is 2.36. The zero-order valence-corrected chi connectivity index (χ0v) is 13.4. The molecule has 0 aliphatic rings. The maximum atomic E-state index is 14.3. The van der Waals surface area contributed by atoms with Crippen LogP contribution in [0.4, 0.5) is 8.78 Å². The summed E-state index contributed by atoms with van der Waals surface area (Å²) < 4.78 is 28.5. The predicted octanol–water partition coefficient (Wildman–Crippen LogP) is 3.77. The zero-order valence-electron chi connectivity index (χ0n) is 13.4. The normalized spacial score (nSPS) is 12.3. The molecule has 1 atom stereocenters. The molecule has 2 aromatic carbocycles. The summed E-state index contributed by atoms with van der Waals surface area (Å²) in [4.78, 5) is 3.91. The van der Waals surface area contributed by atoms with Crippen LogP contribution in [0.1, 0.15) is 28.8 Å². The highest BCUT2D eigenvalue weighted by Crippen LogP contribution is 2.27. The predicted molar refractivity (Wildman–Crippen MR) is 91.8 cm³/mol. The van der Waals surface area contributed by atoms with Crippen molar-refractivity contribution in [1.82, 2.24) is 10.3 Å². The topological polar surface area (TPSA) is 45.1 Å². The number of aromatic nitrogens is 1. The summed E-state index contributed by atoms with van der Waals surface area (Å²) >= 11 is 0. The average Bonchev–Trinajstić information content (AvgIpc) is 2.65. The van der Waals surface area contributed by atoms with Gasteiger partial charge in [0.15, 0.2) is 0 Å². The maximum absolute atomic E-state index is 14.3. The SMILES string of the molecule is OC(CNC(c1ccccc1F)c1ccccc1F)c1ccncc1. The summed E-state index contributed by atoms with van der Waals surface area (Å²) in [5.74, 6) is -0.858. The molecule has 128 valence electrons. The lowest BCUT2D eigenvalue weighted by atomic mass is 9.97. The van der Waals surface area contributed by atoms with Crippen molar-refractivity contribution >= 4 is 0 Å². The Balaban J connectivity index is 1.87. The molecule has 0 amide bonds. The van der Waals surface area contributed by atoms with Crippen LogP contribution in [0.3, 0.4) is 0 Å². The number of rotatable bonds is 6. The second-order valence-corrected chi connectivity index (χ2v) is 5.68. The highest BCUT2D eigenvalue weighted by molar-refractivity contribution is 5.33. The van der Waals surface area contributed by atoms with Crippen LogP contribution < -0.4 is 5.32 Å². The third-order valence-corrected chi connectivity index (χ3v) is 4.04. The van der Waals surface area contributed by atoms with Gasteiger partial charge in [0, 0.05) is 30.1 Å². The fraction of sp³-hybridized carbons (Fsp3) is 0.150. The summed E-state index contributed by atoms with van der Waals surface area (Å²) in [5.41, 5.74) is 1.34. The van der Waals surface area contributed by atoms with Gasteiger partial charge in [0.1, 0.15) is 11.6 Å². The van der Waals surface area contributed by atoms with Gasteiger partial charge in [0.05, 0.1) is 12.1 Å². The molecule has 0 spiro atoms. The molecule has 0 radical (unpaired) electrons. The minimum absolute atomic E-state index is 0.136. The minimum Gasteiger partial charge on any atom is -0.387 e. The molecule has 0 aliphatic carbocycles. The standard InChI is InChI=1S/C20H18F2N2O/c21-17-7-3-1-5-15(17)20(16-6-2-4-8-18(16)22)24-13-19(25)14-9-11-23-12-10-14/h1-12,19-20,24-25H,13H2. The van der Waals surface area contributed by atoms with Crippen LogP contribution >= 0.6 is 0 Å². The Morgan fingerprint density at radius 2 is 1.36 bits per heavy atom. The first-order valence-electron chi connectivity index (χ1n) is 7.97. The Hall–Kier alpha value is -2.63. The van der Waals surface area contributed by atoms with Gasteiger partial charge in [-0.25, -0.2) is 8.78 Å². The number of halogens is 2. The van der Waals surface area contributed by atoms with Gasteiger partial charge in [0.25, 0.3) is 0 Å². The number of hydrogen-bond acceptors (Lipinski definition) is 3. The van der Waals surface area contributed by atoms with Crippen molar-refractivity contribution in [1.29, 1.82) is 0 Å². The molecule has 1 unspecified atom stereocenters. The molecule has 0 saturated carbocycles. The summed E-state index contributed by atoms with van der Waals surface area (Å²) in [6.45, 7) is 0.136. The fourth-order valence-electron chi connectivity index (χ4n) is 2.74. The molecular weight excluding hydrogens is 322 g/mol. The first-order chi connectivity index (χ1) is 12.2. The molecule has 3 rings (SSSR count). The number of nitrogens with one attached hydrogen (secondary N) is 1. The van der Waals surface area contributed by atoms with Crippen LogP contribution in [0.2, 0.25) is 0 Å². The highest BCUT2D eigenvalue weighted by Gasteiger charge is 2.21. The Kier molecular flexibility index (Phi) is 5.48. The quantitative estimate of drug-likeness (QED) is 0.718. The zero-order chi connectivity index (χ0) is 17.6. The Morgan fingerprint density at radius 3 is 1.88 bits per heavy atom. The third-order valence-electron chi connectivity index (χ3n) is 4.04. The first-order valence-corrected chi connectivity index (χ1v) is 7.97. The van der Waals surface area contributed by atoms with Crippen molar-refractivity contribution < 1.29 is 13.9 Å². The molecule has 3 nitrogen and oxygen atoms in total. The smallest absolute Gasteiger partial charge is 0.128 e. The second-order valence-electron chi connectivity index (χ2n) is 5.68. The number of hydrogen-bond donors (Lipinski definition) is 2. The number of nitrogens with zero attached hydrogens (tertiary/aromatic N) is 1. The molecule has 0 bridgehead atoms. The van der Waals surface area contributed by atoms with Crippen LogP contribution in [0, 0.1) is 11.6 Å². The largest absolute Gasteiger partial charge is 0.387 e. The van der Waals surface area contributed by atoms with Gasteiger partial charge in [-0.2, -0.15) is 0 Å². The van der Waals surface area contributed by atoms with Crippen LogP contribution in [0.15, 0.2) is 73.1 Å². The van der Waals surface area contributed by atoms with E-state index in [9.17, 15) is 13.9 Å². The fourth-order valence-corrected chi connectivity index (χ4v) is 2.74. The van der Waals surface area contributed by atoms with Crippen LogP contribution in [0.25, 0.3) is 0 Å². The van der Waals surface area contributed by atoms with Gasteiger partial charge in [-0.05, 0) is 29.8 Å². The van der Waals surface area contributed by atoms with Crippen molar-refractivity contribution in [2.45, 2.75) is 12.1 Å². The van der Waals surface area contributed by atoms with Crippen molar-refractivity contribution in [3.63, 3.8) is 0 Å². The molecule has 1 heterocycles. The van der Waals surface area contributed by atoms with Gasteiger partial charge in [0.2, 0.25) is 0 Å². The van der Waals surface area contributed by atoms with E-state index in [0.29, 0.717) is 16.7 Å². The number of aliphatic hydroxyl groups is 1. The molecule has 5 heteroatoms. The van der Waals surface area contributed by atoms with E-state index in [-0.39, 0.29) is 6.54 Å². The Morgan fingerprint density at radius 1 is 0.840 bits per heavy atom. The highest BCUT2D eigenvalue weighted by atomic mass is 19.1. The van der Waals surface area contributed by atoms with Crippen molar-refractivity contribution in [2.24, 2.45) is 0 Å². The van der Waals surface area contributed by atoms with Crippen molar-refractivity contribution in [2.75, 3.05) is 6.54 Å². The second kappa shape index (κ2) is 7.96. The number of benzene rings is 2. The van der Waals surface area contributed by atoms with E-state index in [4.69, 9.17) is 0 Å². The Labute approximate surface area is 145 Å². The van der Waals surface area contributed by atoms with Crippen LogP contribution in [-0.2, 0) is 0 Å². The van der Waals surface area contributed by atoms with Crippen LogP contribution in [0.5, 0.6) is 0 Å². The van der Waals surface area contributed by atoms with Gasteiger partial charge in [-0.1, -0.05) is 36.4 Å². The van der Waals surface area contributed by atoms with E-state index in [1.165, 1.54) is 12.1 Å². The van der Waals surface area contributed by atoms with E-state index in [0.717, 1.165) is 0 Å². The van der Waals surface area contributed by atoms with Crippen molar-refractivity contribution in [3.05, 3.63) is 101 Å². The van der Waals surface area contributed by atoms with Gasteiger partial charge >= 0.3 is 0 Å². The van der Waals surface area contributed by atoms with E-state index >= 15 is 0 Å². The molecular formula is C20H18F2N2O. The third kappa shape index (κ3) is 4.07. The lowest BCUT2D eigenvalue weighted by molar-refractivity contribution is 0.171. The molecule has 3 aromatic rings. The molecule has 0 aliphatic heterocycles. The summed E-state index contributed by atoms with van der Waals surface area (Å²) in [6, 6.07) is 15.2. The first kappa shape index (κ1) is 17.2. The lowest BCUT2D eigenvalue weighted by Gasteiger charge is -2.23. The van der Waals surface area contributed by atoms with E-state index in [1.807, 2.05) is 0 Å². The molecule has 0 fully saturated rings. The van der Waals surface area contributed by atoms with E-state index in [2.05, 4.69) is 10.3 Å². The van der Waals surface area contributed by atoms with Gasteiger partial charge in [-0.3, -0.25) is 4.98 Å². The number of pyridine rings is 1. The van der Waals surface area contributed by atoms with E-state index < -0.39 is 23.8 Å². The minimum atomic E-state index is -0.816. The molecule has 2 N–H and O–H groups in total. The number of aliphatic hydroxyl groups excluding tert-OH is 1. The lowest BCUT2D eigenvalue weighted by Crippen LogP contribution is -2.28. The molecule has 1 aromatic heterocycles. The summed E-state index contributed by atoms with van der Waals surface area (Å²) in [7, 11) is 0. The van der Waals surface area contributed by atoms with Gasteiger partial charge in [-0.15, -0.1) is 0 Å². The van der Waals surface area contributed by atoms with Crippen molar-refractivity contribution in [3.8, 4) is 0 Å². The maximum Gasteiger partial charge on any atom is 0.128 e. The summed E-state index contributed by atoms with van der Waals surface area (Å²) in [5, 5.41) is 13.4. The average molecular weight is 340 g/mol. The van der Waals surface area contributed by atoms with E-state index in [1.54, 1.807) is 60.9 Å².